The van der Waals surface area contributed by atoms with Crippen molar-refractivity contribution in [3.8, 4) is 6.07 Å². The fraction of sp³-hybridized carbons (Fsp3) is 0.545. The van der Waals surface area contributed by atoms with E-state index in [1.54, 1.807) is 13.0 Å². The molecule has 33 heavy (non-hydrogen) atoms. The Hall–Kier alpha value is -2.77. The smallest absolute Gasteiger partial charge is 0.416 e. The Kier molecular flexibility index (Phi) is 7.71. The maximum atomic E-state index is 13.8. The van der Waals surface area contributed by atoms with Crippen molar-refractivity contribution in [2.45, 2.75) is 70.3 Å². The molecule has 0 saturated carbocycles. The van der Waals surface area contributed by atoms with E-state index in [2.05, 4.69) is 5.32 Å². The summed E-state index contributed by atoms with van der Waals surface area (Å²) in [6.45, 7) is 3.05. The molecule has 1 aromatic carbocycles. The molecule has 1 aliphatic rings. The summed E-state index contributed by atoms with van der Waals surface area (Å²) < 4.78 is 93.7. The van der Waals surface area contributed by atoms with Crippen LogP contribution in [0.4, 0.5) is 30.7 Å². The lowest BCUT2D eigenvalue weighted by molar-refractivity contribution is -0.323. The Bertz CT molecular complexity index is 963. The number of carbonyl (C=O) groups excluding carboxylic acids is 1. The molecular formula is C22H22F7N2O2-. The molecule has 1 aromatic rings. The van der Waals surface area contributed by atoms with Gasteiger partial charge in [0.1, 0.15) is 5.82 Å². The van der Waals surface area contributed by atoms with E-state index in [1.807, 2.05) is 0 Å². The SMILES string of the molecule is CCCC1NC(C)=C(C#N)C(c2ccc(F)cc2C(F)(F)F)C1(CCCC(F)(F)F)C(=O)[O-]. The van der Waals surface area contributed by atoms with Crippen LogP contribution < -0.4 is 10.4 Å². The molecule has 1 N–H and O–H groups in total. The number of nitriles is 1. The van der Waals surface area contributed by atoms with Gasteiger partial charge in [0.25, 0.3) is 0 Å². The van der Waals surface area contributed by atoms with Crippen LogP contribution in [0.5, 0.6) is 0 Å². The van der Waals surface area contributed by atoms with Gasteiger partial charge >= 0.3 is 12.4 Å². The third-order valence-electron chi connectivity index (χ3n) is 5.98. The highest BCUT2D eigenvalue weighted by Gasteiger charge is 2.54. The lowest BCUT2D eigenvalue weighted by Crippen LogP contribution is -2.61. The van der Waals surface area contributed by atoms with Gasteiger partial charge in [-0.2, -0.15) is 31.6 Å². The molecular weight excluding hydrogens is 457 g/mol. The van der Waals surface area contributed by atoms with E-state index in [0.717, 1.165) is 6.07 Å². The lowest BCUT2D eigenvalue weighted by Gasteiger charge is -2.52. The van der Waals surface area contributed by atoms with Gasteiger partial charge in [-0.15, -0.1) is 0 Å². The highest BCUT2D eigenvalue weighted by molar-refractivity contribution is 5.78. The van der Waals surface area contributed by atoms with E-state index in [-0.39, 0.29) is 23.8 Å². The van der Waals surface area contributed by atoms with Crippen LogP contribution in [0.3, 0.4) is 0 Å². The Morgan fingerprint density at radius 1 is 1.24 bits per heavy atom. The van der Waals surface area contributed by atoms with E-state index >= 15 is 0 Å². The molecule has 11 heteroatoms. The first-order valence-corrected chi connectivity index (χ1v) is 10.2. The number of nitrogens with one attached hydrogen (secondary N) is 1. The van der Waals surface area contributed by atoms with Crippen molar-refractivity contribution < 1.29 is 40.6 Å². The summed E-state index contributed by atoms with van der Waals surface area (Å²) in [5.41, 5.74) is -4.78. The predicted molar refractivity (Wildman–Crippen MR) is 102 cm³/mol. The van der Waals surface area contributed by atoms with Gasteiger partial charge in [0.2, 0.25) is 0 Å². The normalized spacial score (nSPS) is 23.8. The average molecular weight is 479 g/mol. The molecule has 0 spiro atoms. The number of halogens is 7. The van der Waals surface area contributed by atoms with E-state index in [4.69, 9.17) is 0 Å². The first-order valence-electron chi connectivity index (χ1n) is 10.2. The standard InChI is InChI=1S/C22H23F7N2O2/c1-3-5-17-20(19(32)33,8-4-9-21(24,25)26)18(15(11-30)12(2)31-17)14-7-6-13(23)10-16(14)22(27,28)29/h6-7,10,17-18,31H,3-5,8-9H2,1-2H3,(H,32,33)/p-1. The minimum absolute atomic E-state index is 0.0785. The van der Waals surface area contributed by atoms with Crippen molar-refractivity contribution in [3.63, 3.8) is 0 Å². The second-order valence-electron chi connectivity index (χ2n) is 8.09. The Balaban J connectivity index is 2.86. The fourth-order valence-electron chi connectivity index (χ4n) is 4.63. The summed E-state index contributed by atoms with van der Waals surface area (Å²) >= 11 is 0. The summed E-state index contributed by atoms with van der Waals surface area (Å²) in [6.07, 6.45) is -12.1. The molecule has 3 unspecified atom stereocenters. The number of benzene rings is 1. The van der Waals surface area contributed by atoms with Gasteiger partial charge < -0.3 is 15.2 Å². The molecule has 0 amide bonds. The number of carbonyl (C=O) groups is 1. The monoisotopic (exact) mass is 479 g/mol. The van der Waals surface area contributed by atoms with Crippen molar-refractivity contribution in [1.29, 1.82) is 5.26 Å². The molecule has 1 aliphatic heterocycles. The maximum Gasteiger partial charge on any atom is 0.416 e. The number of hydrogen-bond acceptors (Lipinski definition) is 4. The van der Waals surface area contributed by atoms with Gasteiger partial charge in [0.05, 0.1) is 23.2 Å². The summed E-state index contributed by atoms with van der Waals surface area (Å²) in [4.78, 5) is 12.6. The third kappa shape index (κ3) is 5.42. The Morgan fingerprint density at radius 3 is 2.36 bits per heavy atom. The van der Waals surface area contributed by atoms with Crippen LogP contribution >= 0.6 is 0 Å². The van der Waals surface area contributed by atoms with Crippen LogP contribution in [0.25, 0.3) is 0 Å². The number of carboxylic acids is 1. The highest BCUT2D eigenvalue weighted by atomic mass is 19.4. The molecule has 4 nitrogen and oxygen atoms in total. The first kappa shape index (κ1) is 26.5. The molecule has 0 saturated heterocycles. The lowest BCUT2D eigenvalue weighted by atomic mass is 9.58. The van der Waals surface area contributed by atoms with Crippen molar-refractivity contribution in [2.75, 3.05) is 0 Å². The Morgan fingerprint density at radius 2 is 1.88 bits per heavy atom. The predicted octanol–water partition coefficient (Wildman–Crippen LogP) is 4.97. The number of hydrogen-bond donors (Lipinski definition) is 1. The van der Waals surface area contributed by atoms with Crippen molar-refractivity contribution >= 4 is 5.97 Å². The van der Waals surface area contributed by atoms with Crippen molar-refractivity contribution in [1.82, 2.24) is 5.32 Å². The molecule has 0 aromatic heterocycles. The van der Waals surface area contributed by atoms with Gasteiger partial charge in [-0.1, -0.05) is 19.4 Å². The minimum Gasteiger partial charge on any atom is -0.549 e. The van der Waals surface area contributed by atoms with Gasteiger partial charge in [0, 0.05) is 29.5 Å². The summed E-state index contributed by atoms with van der Waals surface area (Å²) in [6, 6.07) is 2.22. The molecule has 182 valence electrons. The largest absolute Gasteiger partial charge is 0.549 e. The number of aliphatic carboxylic acids is 1. The number of nitrogens with zero attached hydrogens (tertiary/aromatic N) is 1. The molecule has 0 radical (unpaired) electrons. The summed E-state index contributed by atoms with van der Waals surface area (Å²) in [5.74, 6) is -4.91. The van der Waals surface area contributed by atoms with Crippen LogP contribution in [-0.4, -0.2) is 18.2 Å². The number of allylic oxidation sites excluding steroid dienone is 2. The second kappa shape index (κ2) is 9.61. The van der Waals surface area contributed by atoms with Gasteiger partial charge in [0.15, 0.2) is 0 Å². The summed E-state index contributed by atoms with van der Waals surface area (Å²) in [5, 5.41) is 25.1. The van der Waals surface area contributed by atoms with Crippen LogP contribution in [0.2, 0.25) is 0 Å². The number of rotatable bonds is 7. The van der Waals surface area contributed by atoms with Crippen LogP contribution in [0.1, 0.15) is 63.0 Å². The van der Waals surface area contributed by atoms with Gasteiger partial charge in [-0.05, 0) is 43.9 Å². The molecule has 0 aliphatic carbocycles. The zero-order valence-corrected chi connectivity index (χ0v) is 17.8. The molecule has 3 atom stereocenters. The zero-order valence-electron chi connectivity index (χ0n) is 17.8. The van der Waals surface area contributed by atoms with Crippen LogP contribution in [0, 0.1) is 22.6 Å². The summed E-state index contributed by atoms with van der Waals surface area (Å²) in [7, 11) is 0. The van der Waals surface area contributed by atoms with E-state index in [1.165, 1.54) is 6.92 Å². The van der Waals surface area contributed by atoms with Crippen molar-refractivity contribution in [3.05, 3.63) is 46.4 Å². The van der Waals surface area contributed by atoms with Gasteiger partial charge in [-0.25, -0.2) is 4.39 Å². The third-order valence-corrected chi connectivity index (χ3v) is 5.98. The number of carboxylic acid groups (broad SMARTS) is 1. The fourth-order valence-corrected chi connectivity index (χ4v) is 4.63. The van der Waals surface area contributed by atoms with Gasteiger partial charge in [-0.3, -0.25) is 0 Å². The van der Waals surface area contributed by atoms with Crippen molar-refractivity contribution in [2.24, 2.45) is 5.41 Å². The van der Waals surface area contributed by atoms with E-state index < -0.39 is 71.9 Å². The minimum atomic E-state index is -5.11. The van der Waals surface area contributed by atoms with E-state index in [0.29, 0.717) is 12.5 Å². The Labute approximate surface area is 186 Å². The second-order valence-corrected chi connectivity index (χ2v) is 8.09. The van der Waals surface area contributed by atoms with Crippen LogP contribution in [0.15, 0.2) is 29.5 Å². The number of alkyl halides is 6. The maximum absolute atomic E-state index is 13.8. The van der Waals surface area contributed by atoms with Crippen LogP contribution in [-0.2, 0) is 11.0 Å². The topological polar surface area (TPSA) is 76.0 Å². The first-order chi connectivity index (χ1) is 15.2. The highest BCUT2D eigenvalue weighted by Crippen LogP contribution is 2.54. The zero-order chi connectivity index (χ0) is 25.2. The molecule has 0 fully saturated rings. The van der Waals surface area contributed by atoms with E-state index in [9.17, 15) is 45.9 Å². The molecule has 0 bridgehead atoms. The molecule has 2 rings (SSSR count). The quantitative estimate of drug-likeness (QED) is 0.561. The molecule has 1 heterocycles. The average Bonchev–Trinajstić information content (AvgIpc) is 2.67.